The fourth-order valence-electron chi connectivity index (χ4n) is 0. The van der Waals surface area contributed by atoms with Crippen LogP contribution in [0.15, 0.2) is 0 Å². The van der Waals surface area contributed by atoms with E-state index in [1.807, 2.05) is 0 Å². The molecule has 0 spiro atoms. The van der Waals surface area contributed by atoms with E-state index in [1.165, 1.54) is 0 Å². The van der Waals surface area contributed by atoms with Crippen LogP contribution in [0.2, 0.25) is 0 Å². The Kier molecular flexibility index (Phi) is 51.7. The van der Waals surface area contributed by atoms with Crippen molar-refractivity contribution in [2.45, 2.75) is 0 Å². The van der Waals surface area contributed by atoms with Crippen LogP contribution in [-0.2, 0) is 22.4 Å². The molecule has 0 rings (SSSR count). The van der Waals surface area contributed by atoms with Crippen molar-refractivity contribution < 1.29 is 47.8 Å². The second-order valence-corrected chi connectivity index (χ2v) is 1.12. The first-order chi connectivity index (χ1) is 8.66. The van der Waals surface area contributed by atoms with Crippen molar-refractivity contribution in [1.29, 1.82) is 0 Å². The van der Waals surface area contributed by atoms with Gasteiger partial charge in [-0.05, 0) is 0 Å². The number of rotatable bonds is 0. The molecule has 0 radical (unpaired) electrons. The maximum absolute atomic E-state index is 8.25. The van der Waals surface area contributed by atoms with Crippen LogP contribution in [0.5, 0.6) is 0 Å². The Morgan fingerprint density at radius 1 is 0.333 bits per heavy atom. The Morgan fingerprint density at radius 3 is 0.333 bits per heavy atom. The Morgan fingerprint density at radius 2 is 0.333 bits per heavy atom. The zero-order valence-corrected chi connectivity index (χ0v) is 11.0. The van der Waals surface area contributed by atoms with Crippen LogP contribution < -0.4 is 0 Å². The van der Waals surface area contributed by atoms with Gasteiger partial charge in [-0.1, -0.05) is 0 Å². The van der Waals surface area contributed by atoms with E-state index in [4.69, 9.17) is 76.6 Å². The maximum atomic E-state index is 8.25. The van der Waals surface area contributed by atoms with E-state index in [2.05, 4.69) is 0 Å². The van der Waals surface area contributed by atoms with Crippen LogP contribution in [0.3, 0.4) is 0 Å². The molecule has 0 atom stereocenters. The Bertz CT molecular complexity index is 207. The van der Waals surface area contributed by atoms with Crippen molar-refractivity contribution in [3.8, 4) is 0 Å². The first-order valence-electron chi connectivity index (χ1n) is 2.74. The predicted octanol–water partition coefficient (Wildman–Crippen LogP) is -1.20. The molecule has 0 aliphatic heterocycles. The predicted molar refractivity (Wildman–Crippen MR) is 51.8 cm³/mol. The van der Waals surface area contributed by atoms with Crippen LogP contribution in [-0.4, -0.2) is 25.4 Å². The largest absolute Gasteiger partial charge is 5.00 e. The number of hydrogen-bond acceptors (Lipinski definition) is 15. The van der Waals surface area contributed by atoms with Gasteiger partial charge in [0.1, 0.15) is 0 Å². The zero-order chi connectivity index (χ0) is 17.9. The molecule has 0 saturated heterocycles. The summed E-state index contributed by atoms with van der Waals surface area (Å²) in [5, 5.41) is 73.8. The molecule has 0 N–H and O–H groups in total. The third-order valence-corrected chi connectivity index (χ3v) is 0. The van der Waals surface area contributed by atoms with Crippen molar-refractivity contribution in [1.82, 2.24) is 0 Å². The molecule has 0 aromatic rings. The summed E-state index contributed by atoms with van der Waals surface area (Å²) in [7, 11) is 0. The van der Waals surface area contributed by atoms with Gasteiger partial charge in [0.15, 0.2) is 0 Å². The van der Waals surface area contributed by atoms with E-state index in [0.29, 0.717) is 0 Å². The molecule has 120 valence electrons. The minimum atomic E-state index is -1.75. The number of hydrogen-bond donors (Lipinski definition) is 0. The standard InChI is InChI=1S/5NO3.Nb/c5*2-1(3)4;/q5*-1;+5. The molecule has 21 heteroatoms. The molecule has 0 aliphatic carbocycles. The molecule has 0 aromatic carbocycles. The molecular weight excluding hydrogens is 403 g/mol. The van der Waals surface area contributed by atoms with Gasteiger partial charge in [-0.25, -0.2) is 0 Å². The molecule has 0 saturated carbocycles. The average molecular weight is 403 g/mol. The van der Waals surface area contributed by atoms with Crippen LogP contribution in [0, 0.1) is 76.6 Å². The Hall–Kier alpha value is -3.26. The smallest absolute Gasteiger partial charge is 0.356 e. The van der Waals surface area contributed by atoms with Gasteiger partial charge in [0.25, 0.3) is 0 Å². The monoisotopic (exact) mass is 403 g/mol. The minimum Gasteiger partial charge on any atom is -0.356 e. The number of nitrogens with zero attached hydrogens (tertiary/aromatic N) is 5. The summed E-state index contributed by atoms with van der Waals surface area (Å²) in [5.74, 6) is 0. The van der Waals surface area contributed by atoms with Gasteiger partial charge < -0.3 is 76.6 Å². The summed E-state index contributed by atoms with van der Waals surface area (Å²) >= 11 is 0. The summed E-state index contributed by atoms with van der Waals surface area (Å²) in [5.41, 5.74) is 0. The molecule has 0 bridgehead atoms. The zero-order valence-electron chi connectivity index (χ0n) is 8.81. The normalized spacial score (nSPS) is 5.71. The van der Waals surface area contributed by atoms with E-state index in [0.717, 1.165) is 0 Å². The topological polar surface area (TPSA) is 331 Å². The van der Waals surface area contributed by atoms with E-state index in [1.54, 1.807) is 0 Å². The minimum absolute atomic E-state index is 0. The first kappa shape index (κ1) is 36.1. The van der Waals surface area contributed by atoms with Gasteiger partial charge in [-0.3, -0.25) is 0 Å². The van der Waals surface area contributed by atoms with Crippen molar-refractivity contribution in [2.75, 3.05) is 0 Å². The molecule has 0 aromatic heterocycles. The summed E-state index contributed by atoms with van der Waals surface area (Å²) in [6.07, 6.45) is 0. The quantitative estimate of drug-likeness (QED) is 0.260. The molecule has 20 nitrogen and oxygen atoms in total. The van der Waals surface area contributed by atoms with Crippen molar-refractivity contribution in [3.63, 3.8) is 0 Å². The molecule has 0 heterocycles. The Labute approximate surface area is 125 Å². The molecule has 0 aliphatic rings. The second-order valence-electron chi connectivity index (χ2n) is 1.12. The third kappa shape index (κ3) is 342. The first-order valence-corrected chi connectivity index (χ1v) is 2.74. The third-order valence-electron chi connectivity index (χ3n) is 0. The Balaban J connectivity index is -0.0000000331. The van der Waals surface area contributed by atoms with E-state index in [-0.39, 0.29) is 22.4 Å². The summed E-state index contributed by atoms with van der Waals surface area (Å²) in [6, 6.07) is 0. The van der Waals surface area contributed by atoms with Gasteiger partial charge >= 0.3 is 22.4 Å². The van der Waals surface area contributed by atoms with Gasteiger partial charge in [0, 0.05) is 0 Å². The van der Waals surface area contributed by atoms with Crippen molar-refractivity contribution in [2.24, 2.45) is 0 Å². The average Bonchev–Trinajstić information content (AvgIpc) is 1.94. The summed E-state index contributed by atoms with van der Waals surface area (Å²) in [4.78, 5) is 41.2. The molecule has 0 fully saturated rings. The second kappa shape index (κ2) is 30.1. The maximum Gasteiger partial charge on any atom is 5.00 e. The van der Waals surface area contributed by atoms with Gasteiger partial charge in [0.05, 0.1) is 25.4 Å². The summed E-state index contributed by atoms with van der Waals surface area (Å²) < 4.78 is 0. The van der Waals surface area contributed by atoms with Gasteiger partial charge in [0.2, 0.25) is 0 Å². The fraction of sp³-hybridized carbons (Fsp3) is 0. The van der Waals surface area contributed by atoms with Crippen LogP contribution in [0.4, 0.5) is 0 Å². The van der Waals surface area contributed by atoms with E-state index >= 15 is 0 Å². The summed E-state index contributed by atoms with van der Waals surface area (Å²) in [6.45, 7) is 0. The van der Waals surface area contributed by atoms with Gasteiger partial charge in [-0.2, -0.15) is 0 Å². The van der Waals surface area contributed by atoms with E-state index in [9.17, 15) is 0 Å². The van der Waals surface area contributed by atoms with Crippen molar-refractivity contribution in [3.05, 3.63) is 76.6 Å². The van der Waals surface area contributed by atoms with Crippen LogP contribution in [0.1, 0.15) is 0 Å². The molecule has 21 heavy (non-hydrogen) atoms. The van der Waals surface area contributed by atoms with Gasteiger partial charge in [-0.15, -0.1) is 0 Å². The molecule has 0 unspecified atom stereocenters. The van der Waals surface area contributed by atoms with Crippen LogP contribution in [0.25, 0.3) is 0 Å². The molecule has 0 amide bonds. The van der Waals surface area contributed by atoms with E-state index < -0.39 is 25.4 Å². The fourth-order valence-corrected chi connectivity index (χ4v) is 0. The molecular formula is N5NbO15. The van der Waals surface area contributed by atoms with Crippen molar-refractivity contribution >= 4 is 0 Å². The van der Waals surface area contributed by atoms with Crippen LogP contribution >= 0.6 is 0 Å². The SMILES string of the molecule is O=[N+]([O-])[O-].O=[N+]([O-])[O-].O=[N+]([O-])[O-].O=[N+]([O-])[O-].O=[N+]([O-])[O-].[Nb+5].